The van der Waals surface area contributed by atoms with Crippen molar-refractivity contribution in [2.24, 2.45) is 0 Å². The molecule has 1 aromatic rings. The molecule has 17 heavy (non-hydrogen) atoms. The van der Waals surface area contributed by atoms with Crippen molar-refractivity contribution in [1.82, 2.24) is 0 Å². The summed E-state index contributed by atoms with van der Waals surface area (Å²) in [5.41, 5.74) is 0.521. The van der Waals surface area contributed by atoms with Gasteiger partial charge in [0.05, 0.1) is 35.8 Å². The van der Waals surface area contributed by atoms with E-state index in [-0.39, 0.29) is 18.1 Å². The van der Waals surface area contributed by atoms with Crippen molar-refractivity contribution in [2.75, 3.05) is 24.9 Å². The molecule has 0 bridgehead atoms. The van der Waals surface area contributed by atoms with Crippen LogP contribution in [0.2, 0.25) is 0 Å². The molecule has 0 aliphatic rings. The van der Waals surface area contributed by atoms with Crippen molar-refractivity contribution in [3.8, 4) is 5.75 Å². The number of hydrogen-bond donors (Lipinski definition) is 2. The van der Waals surface area contributed by atoms with Gasteiger partial charge in [0.25, 0.3) is 5.69 Å². The van der Waals surface area contributed by atoms with Gasteiger partial charge >= 0.3 is 0 Å². The van der Waals surface area contributed by atoms with Gasteiger partial charge in [0.2, 0.25) is 0 Å². The lowest BCUT2D eigenvalue weighted by molar-refractivity contribution is -0.384. The molecule has 0 aliphatic heterocycles. The van der Waals surface area contributed by atoms with E-state index in [4.69, 9.17) is 16.3 Å². The van der Waals surface area contributed by atoms with E-state index < -0.39 is 11.0 Å². The topological polar surface area (TPSA) is 84.6 Å². The van der Waals surface area contributed by atoms with Crippen LogP contribution < -0.4 is 10.1 Å². The van der Waals surface area contributed by atoms with E-state index in [1.165, 1.54) is 25.3 Å². The van der Waals surface area contributed by atoms with Gasteiger partial charge in [-0.15, -0.1) is 11.6 Å². The van der Waals surface area contributed by atoms with Gasteiger partial charge in [-0.2, -0.15) is 0 Å². The molecule has 1 aromatic carbocycles. The second-order valence-corrected chi connectivity index (χ2v) is 3.64. The first kappa shape index (κ1) is 13.5. The van der Waals surface area contributed by atoms with E-state index in [9.17, 15) is 15.2 Å². The molecule has 6 nitrogen and oxygen atoms in total. The molecule has 0 heterocycles. The van der Waals surface area contributed by atoms with E-state index in [1.54, 1.807) is 0 Å². The van der Waals surface area contributed by atoms with Crippen LogP contribution in [0.25, 0.3) is 0 Å². The van der Waals surface area contributed by atoms with Crippen LogP contribution in [0.4, 0.5) is 11.4 Å². The molecule has 0 saturated heterocycles. The molecule has 2 N–H and O–H groups in total. The Morgan fingerprint density at radius 2 is 2.35 bits per heavy atom. The number of nitrogens with zero attached hydrogens (tertiary/aromatic N) is 1. The SMILES string of the molecule is COc1cc([N+](=O)[O-])ccc1NC[C@H](O)CCl. The van der Waals surface area contributed by atoms with Crippen LogP contribution in [0.15, 0.2) is 18.2 Å². The second-order valence-electron chi connectivity index (χ2n) is 3.33. The first-order valence-electron chi connectivity index (χ1n) is 4.88. The third kappa shape index (κ3) is 3.76. The van der Waals surface area contributed by atoms with Crippen molar-refractivity contribution in [1.29, 1.82) is 0 Å². The average Bonchev–Trinajstić information content (AvgIpc) is 2.35. The van der Waals surface area contributed by atoms with Crippen molar-refractivity contribution in [3.63, 3.8) is 0 Å². The summed E-state index contributed by atoms with van der Waals surface area (Å²) in [5, 5.41) is 22.7. The van der Waals surface area contributed by atoms with E-state index in [0.29, 0.717) is 11.4 Å². The number of benzene rings is 1. The van der Waals surface area contributed by atoms with Gasteiger partial charge in [-0.1, -0.05) is 0 Å². The number of aliphatic hydroxyl groups is 1. The fourth-order valence-corrected chi connectivity index (χ4v) is 1.33. The minimum absolute atomic E-state index is 0.0507. The smallest absolute Gasteiger partial charge is 0.273 e. The molecule has 7 heteroatoms. The predicted molar refractivity (Wildman–Crippen MR) is 64.9 cm³/mol. The molecule has 1 rings (SSSR count). The Morgan fingerprint density at radius 3 is 2.88 bits per heavy atom. The van der Waals surface area contributed by atoms with Crippen LogP contribution in [0.1, 0.15) is 0 Å². The molecule has 0 saturated carbocycles. The predicted octanol–water partition coefficient (Wildman–Crippen LogP) is 1.61. The Balaban J connectivity index is 2.82. The Labute approximate surface area is 103 Å². The highest BCUT2D eigenvalue weighted by Crippen LogP contribution is 2.28. The van der Waals surface area contributed by atoms with Gasteiger partial charge < -0.3 is 15.2 Å². The number of anilines is 1. The molecule has 0 radical (unpaired) electrons. The van der Waals surface area contributed by atoms with Crippen LogP contribution in [0, 0.1) is 10.1 Å². The van der Waals surface area contributed by atoms with Gasteiger partial charge in [0.1, 0.15) is 5.75 Å². The number of rotatable bonds is 6. The second kappa shape index (κ2) is 6.27. The molecule has 1 atom stereocenters. The minimum Gasteiger partial charge on any atom is -0.494 e. The zero-order valence-electron chi connectivity index (χ0n) is 9.22. The van der Waals surface area contributed by atoms with Crippen molar-refractivity contribution in [2.45, 2.75) is 6.10 Å². The third-order valence-electron chi connectivity index (χ3n) is 2.10. The lowest BCUT2D eigenvalue weighted by Gasteiger charge is -2.12. The van der Waals surface area contributed by atoms with Gasteiger partial charge in [0, 0.05) is 12.6 Å². The molecule has 0 fully saturated rings. The number of halogens is 1. The van der Waals surface area contributed by atoms with Gasteiger partial charge in [0.15, 0.2) is 0 Å². The number of aliphatic hydroxyl groups excluding tert-OH is 1. The first-order chi connectivity index (χ1) is 8.08. The number of hydrogen-bond acceptors (Lipinski definition) is 5. The molecular weight excluding hydrogens is 248 g/mol. The first-order valence-corrected chi connectivity index (χ1v) is 5.42. The van der Waals surface area contributed by atoms with E-state index >= 15 is 0 Å². The summed E-state index contributed by atoms with van der Waals surface area (Å²) in [4.78, 5) is 10.1. The van der Waals surface area contributed by atoms with Crippen LogP contribution in [0.3, 0.4) is 0 Å². The summed E-state index contributed by atoms with van der Waals surface area (Å²) in [5.74, 6) is 0.462. The summed E-state index contributed by atoms with van der Waals surface area (Å²) in [6.07, 6.45) is -0.684. The number of methoxy groups -OCH3 is 1. The molecule has 94 valence electrons. The molecule has 0 unspecified atom stereocenters. The standard InChI is InChI=1S/C10H13ClN2O4/c1-17-10-4-7(13(15)16)2-3-9(10)12-6-8(14)5-11/h2-4,8,12,14H,5-6H2,1H3/t8-/m1/s1. The zero-order valence-corrected chi connectivity index (χ0v) is 9.98. The molecule has 0 spiro atoms. The van der Waals surface area contributed by atoms with Crippen LogP contribution in [-0.2, 0) is 0 Å². The summed E-state index contributed by atoms with van der Waals surface area (Å²) in [6, 6.07) is 4.20. The number of alkyl halides is 1. The van der Waals surface area contributed by atoms with E-state index in [0.717, 1.165) is 0 Å². The van der Waals surface area contributed by atoms with E-state index in [2.05, 4.69) is 5.32 Å². The third-order valence-corrected chi connectivity index (χ3v) is 2.46. The summed E-state index contributed by atoms with van der Waals surface area (Å²) in [7, 11) is 1.42. The normalized spacial score (nSPS) is 11.9. The fourth-order valence-electron chi connectivity index (χ4n) is 1.22. The maximum Gasteiger partial charge on any atom is 0.273 e. The largest absolute Gasteiger partial charge is 0.494 e. The molecule has 0 aliphatic carbocycles. The monoisotopic (exact) mass is 260 g/mol. The number of nitro groups is 1. The fraction of sp³-hybridized carbons (Fsp3) is 0.400. The quantitative estimate of drug-likeness (QED) is 0.461. The minimum atomic E-state index is -0.684. The highest BCUT2D eigenvalue weighted by molar-refractivity contribution is 6.18. The maximum absolute atomic E-state index is 10.6. The van der Waals surface area contributed by atoms with Gasteiger partial charge in [-0.05, 0) is 6.07 Å². The Morgan fingerprint density at radius 1 is 1.65 bits per heavy atom. The summed E-state index contributed by atoms with van der Waals surface area (Å²) < 4.78 is 5.02. The molecule has 0 amide bonds. The van der Waals surface area contributed by atoms with Gasteiger partial charge in [-0.25, -0.2) is 0 Å². The Kier molecular flexibility index (Phi) is 4.99. The van der Waals surface area contributed by atoms with Crippen molar-refractivity contribution < 1.29 is 14.8 Å². The summed E-state index contributed by atoms with van der Waals surface area (Å²) in [6.45, 7) is 0.248. The number of non-ortho nitro benzene ring substituents is 1. The highest BCUT2D eigenvalue weighted by Gasteiger charge is 2.11. The number of nitrogens with one attached hydrogen (secondary N) is 1. The van der Waals surface area contributed by atoms with Crippen molar-refractivity contribution >= 4 is 23.0 Å². The maximum atomic E-state index is 10.6. The highest BCUT2D eigenvalue weighted by atomic mass is 35.5. The Bertz CT molecular complexity index is 400. The van der Waals surface area contributed by atoms with Crippen LogP contribution in [-0.4, -0.2) is 35.7 Å². The molecule has 0 aromatic heterocycles. The Hall–Kier alpha value is -1.53. The van der Waals surface area contributed by atoms with Crippen molar-refractivity contribution in [3.05, 3.63) is 28.3 Å². The lowest BCUT2D eigenvalue weighted by Crippen LogP contribution is -2.21. The molecular formula is C10H13ClN2O4. The van der Waals surface area contributed by atoms with E-state index in [1.807, 2.05) is 0 Å². The lowest BCUT2D eigenvalue weighted by atomic mass is 10.2. The zero-order chi connectivity index (χ0) is 12.8. The number of ether oxygens (including phenoxy) is 1. The van der Waals surface area contributed by atoms with Gasteiger partial charge in [-0.3, -0.25) is 10.1 Å². The van der Waals surface area contributed by atoms with Crippen LogP contribution >= 0.6 is 11.6 Å². The van der Waals surface area contributed by atoms with Crippen LogP contribution in [0.5, 0.6) is 5.75 Å². The number of nitro benzene ring substituents is 1. The summed E-state index contributed by atoms with van der Waals surface area (Å²) >= 11 is 5.45. The average molecular weight is 261 g/mol.